The number of rotatable bonds is 4. The van der Waals surface area contributed by atoms with E-state index in [1.165, 1.54) is 13.2 Å². The summed E-state index contributed by atoms with van der Waals surface area (Å²) in [5, 5.41) is 0. The molecule has 0 atom stereocenters. The molecule has 0 bridgehead atoms. The van der Waals surface area contributed by atoms with Crippen molar-refractivity contribution in [2.24, 2.45) is 0 Å². The highest BCUT2D eigenvalue weighted by atomic mass is 32.2. The fourth-order valence-corrected chi connectivity index (χ4v) is 2.52. The first kappa shape index (κ1) is 14.3. The summed E-state index contributed by atoms with van der Waals surface area (Å²) in [6.45, 7) is 0. The Hall–Kier alpha value is -2.61. The van der Waals surface area contributed by atoms with Crippen molar-refractivity contribution < 1.29 is 17.3 Å². The zero-order valence-electron chi connectivity index (χ0n) is 11.9. The molecule has 3 rings (SSSR count). The van der Waals surface area contributed by atoms with Crippen molar-refractivity contribution in [2.45, 2.75) is 0 Å². The van der Waals surface area contributed by atoms with Gasteiger partial charge in [0.15, 0.2) is 0 Å². The van der Waals surface area contributed by atoms with E-state index in [9.17, 15) is 8.42 Å². The molecule has 3 aromatic rings. The summed E-state index contributed by atoms with van der Waals surface area (Å²) in [7, 11) is -2.09. The number of aromatic nitrogens is 3. The van der Waals surface area contributed by atoms with Crippen LogP contribution in [0.15, 0.2) is 42.9 Å². The van der Waals surface area contributed by atoms with Gasteiger partial charge in [-0.1, -0.05) is 0 Å². The lowest BCUT2D eigenvalue weighted by atomic mass is 10.1. The van der Waals surface area contributed by atoms with Gasteiger partial charge in [0.25, 0.3) is 0 Å². The topological polar surface area (TPSA) is 82.8 Å². The molecule has 0 fully saturated rings. The van der Waals surface area contributed by atoms with E-state index in [-0.39, 0.29) is 5.75 Å². The molecule has 8 heteroatoms. The van der Waals surface area contributed by atoms with Crippen LogP contribution >= 0.6 is 0 Å². The molecular weight excluding hydrogens is 306 g/mol. The number of hydrogen-bond acceptors (Lipinski definition) is 6. The van der Waals surface area contributed by atoms with Gasteiger partial charge in [0.2, 0.25) is 5.78 Å². The van der Waals surface area contributed by atoms with Gasteiger partial charge in [-0.2, -0.15) is 8.42 Å². The second kappa shape index (κ2) is 5.30. The van der Waals surface area contributed by atoms with Gasteiger partial charge in [-0.3, -0.25) is 4.40 Å². The summed E-state index contributed by atoms with van der Waals surface area (Å²) in [6.07, 6.45) is 6.30. The largest absolute Gasteiger partial charge is 0.496 e. The van der Waals surface area contributed by atoms with Crippen LogP contribution in [0.4, 0.5) is 0 Å². The van der Waals surface area contributed by atoms with E-state index in [0.717, 1.165) is 6.26 Å². The molecule has 2 heterocycles. The maximum Gasteiger partial charge on any atom is 0.306 e. The first-order valence-electron chi connectivity index (χ1n) is 6.34. The Balaban J connectivity index is 2.06. The SMILES string of the molecule is COc1cc(OS(C)(=O)=O)ccc1-c1cn2cccnc2n1. The molecule has 0 radical (unpaired) electrons. The highest BCUT2D eigenvalue weighted by Crippen LogP contribution is 2.33. The number of methoxy groups -OCH3 is 1. The summed E-state index contributed by atoms with van der Waals surface area (Å²) < 4.78 is 34.3. The number of nitrogens with zero attached hydrogens (tertiary/aromatic N) is 3. The van der Waals surface area contributed by atoms with Crippen LogP contribution in [0.5, 0.6) is 11.5 Å². The maximum atomic E-state index is 11.2. The standard InChI is InChI=1S/C14H13N3O4S/c1-20-13-8-10(21-22(2,18)19)4-5-11(13)12-9-17-7-3-6-15-14(17)16-12/h3-9H,1-2H3. The minimum absolute atomic E-state index is 0.185. The van der Waals surface area contributed by atoms with Gasteiger partial charge in [-0.05, 0) is 18.2 Å². The van der Waals surface area contributed by atoms with Gasteiger partial charge in [0.1, 0.15) is 11.5 Å². The van der Waals surface area contributed by atoms with Crippen LogP contribution in [0, 0.1) is 0 Å². The monoisotopic (exact) mass is 319 g/mol. The normalized spacial score (nSPS) is 11.5. The Bertz CT molecular complexity index is 901. The first-order chi connectivity index (χ1) is 10.5. The number of benzene rings is 1. The van der Waals surface area contributed by atoms with E-state index in [1.807, 2.05) is 12.4 Å². The van der Waals surface area contributed by atoms with E-state index < -0.39 is 10.1 Å². The van der Waals surface area contributed by atoms with E-state index >= 15 is 0 Å². The Morgan fingerprint density at radius 1 is 1.27 bits per heavy atom. The van der Waals surface area contributed by atoms with Crippen LogP contribution in [0.3, 0.4) is 0 Å². The van der Waals surface area contributed by atoms with Crippen molar-refractivity contribution in [3.05, 3.63) is 42.9 Å². The zero-order valence-corrected chi connectivity index (χ0v) is 12.7. The number of imidazole rings is 1. The van der Waals surface area contributed by atoms with E-state index in [1.54, 1.807) is 28.8 Å². The molecule has 114 valence electrons. The van der Waals surface area contributed by atoms with Gasteiger partial charge >= 0.3 is 10.1 Å². The van der Waals surface area contributed by atoms with Crippen molar-refractivity contribution in [1.29, 1.82) is 0 Å². The molecule has 7 nitrogen and oxygen atoms in total. The van der Waals surface area contributed by atoms with Crippen molar-refractivity contribution in [1.82, 2.24) is 14.4 Å². The zero-order chi connectivity index (χ0) is 15.7. The van der Waals surface area contributed by atoms with E-state index in [4.69, 9.17) is 8.92 Å². The van der Waals surface area contributed by atoms with Gasteiger partial charge in [-0.15, -0.1) is 0 Å². The highest BCUT2D eigenvalue weighted by Gasteiger charge is 2.13. The minimum atomic E-state index is -3.59. The van der Waals surface area contributed by atoms with Gasteiger partial charge in [0, 0.05) is 30.2 Å². The van der Waals surface area contributed by atoms with Gasteiger partial charge < -0.3 is 8.92 Å². The second-order valence-electron chi connectivity index (χ2n) is 4.60. The van der Waals surface area contributed by atoms with Crippen LogP contribution in [-0.2, 0) is 10.1 Å². The second-order valence-corrected chi connectivity index (χ2v) is 6.18. The lowest BCUT2D eigenvalue weighted by molar-refractivity contribution is 0.413. The summed E-state index contributed by atoms with van der Waals surface area (Å²) in [5.41, 5.74) is 1.38. The van der Waals surface area contributed by atoms with Crippen LogP contribution in [0.1, 0.15) is 0 Å². The molecular formula is C14H13N3O4S. The first-order valence-corrected chi connectivity index (χ1v) is 8.15. The Morgan fingerprint density at radius 3 is 2.77 bits per heavy atom. The number of fused-ring (bicyclic) bond motifs is 1. The molecule has 0 spiro atoms. The molecule has 0 aliphatic carbocycles. The molecule has 1 aromatic carbocycles. The number of ether oxygens (including phenoxy) is 1. The lowest BCUT2D eigenvalue weighted by Gasteiger charge is -2.09. The summed E-state index contributed by atoms with van der Waals surface area (Å²) in [4.78, 5) is 8.56. The molecule has 2 aromatic heterocycles. The predicted octanol–water partition coefficient (Wildman–Crippen LogP) is 1.74. The van der Waals surface area contributed by atoms with Crippen molar-refractivity contribution in [3.8, 4) is 22.8 Å². The van der Waals surface area contributed by atoms with E-state index in [2.05, 4.69) is 9.97 Å². The van der Waals surface area contributed by atoms with Crippen LogP contribution in [0.25, 0.3) is 17.0 Å². The third-order valence-corrected chi connectivity index (χ3v) is 3.43. The predicted molar refractivity (Wildman–Crippen MR) is 80.4 cm³/mol. The van der Waals surface area contributed by atoms with Crippen molar-refractivity contribution in [3.63, 3.8) is 0 Å². The summed E-state index contributed by atoms with van der Waals surface area (Å²) >= 11 is 0. The lowest BCUT2D eigenvalue weighted by Crippen LogP contribution is -2.05. The fraction of sp³-hybridized carbons (Fsp3) is 0.143. The minimum Gasteiger partial charge on any atom is -0.496 e. The van der Waals surface area contributed by atoms with Gasteiger partial charge in [0.05, 0.1) is 19.1 Å². The molecule has 0 amide bonds. The third-order valence-electron chi connectivity index (χ3n) is 2.93. The molecule has 0 unspecified atom stereocenters. The molecule has 0 saturated heterocycles. The number of hydrogen-bond donors (Lipinski definition) is 0. The van der Waals surface area contributed by atoms with Crippen LogP contribution in [0.2, 0.25) is 0 Å². The summed E-state index contributed by atoms with van der Waals surface area (Å²) in [5.74, 6) is 1.21. The molecule has 22 heavy (non-hydrogen) atoms. The molecule has 0 aliphatic heterocycles. The average Bonchev–Trinajstić information content (AvgIpc) is 2.89. The quantitative estimate of drug-likeness (QED) is 0.681. The van der Waals surface area contributed by atoms with Crippen molar-refractivity contribution >= 4 is 15.9 Å². The highest BCUT2D eigenvalue weighted by molar-refractivity contribution is 7.86. The van der Waals surface area contributed by atoms with Gasteiger partial charge in [-0.25, -0.2) is 9.97 Å². The Morgan fingerprint density at radius 2 is 2.09 bits per heavy atom. The van der Waals surface area contributed by atoms with E-state index in [0.29, 0.717) is 22.8 Å². The van der Waals surface area contributed by atoms with Crippen LogP contribution < -0.4 is 8.92 Å². The summed E-state index contributed by atoms with van der Waals surface area (Å²) in [6, 6.07) is 6.56. The molecule has 0 aliphatic rings. The third kappa shape index (κ3) is 2.86. The smallest absolute Gasteiger partial charge is 0.306 e. The molecule has 0 N–H and O–H groups in total. The average molecular weight is 319 g/mol. The Labute approximate surface area is 127 Å². The fourth-order valence-electron chi connectivity index (χ4n) is 2.07. The maximum absolute atomic E-state index is 11.2. The Kier molecular flexibility index (Phi) is 3.45. The van der Waals surface area contributed by atoms with Crippen molar-refractivity contribution in [2.75, 3.05) is 13.4 Å². The van der Waals surface area contributed by atoms with Crippen LogP contribution in [-0.4, -0.2) is 36.2 Å². The molecule has 0 saturated carbocycles.